The Hall–Kier alpha value is -0.590. The first-order valence-corrected chi connectivity index (χ1v) is 7.01. The van der Waals surface area contributed by atoms with E-state index in [9.17, 15) is 14.7 Å². The maximum atomic E-state index is 12.1. The second kappa shape index (κ2) is 4.96. The van der Waals surface area contributed by atoms with Crippen molar-refractivity contribution in [3.05, 3.63) is 0 Å². The van der Waals surface area contributed by atoms with E-state index in [4.69, 9.17) is 4.74 Å². The van der Waals surface area contributed by atoms with Crippen molar-refractivity contribution in [1.29, 1.82) is 0 Å². The summed E-state index contributed by atoms with van der Waals surface area (Å²) in [6.07, 6.45) is 1.27. The van der Waals surface area contributed by atoms with E-state index in [2.05, 4.69) is 5.32 Å². The first kappa shape index (κ1) is 12.9. The maximum Gasteiger partial charge on any atom is 0.228 e. The second-order valence-corrected chi connectivity index (χ2v) is 5.55. The Labute approximate surface area is 104 Å². The Morgan fingerprint density at radius 3 is 2.76 bits per heavy atom. The average Bonchev–Trinajstić information content (AvgIpc) is 2.25. The lowest BCUT2D eigenvalue weighted by Gasteiger charge is -2.44. The van der Waals surface area contributed by atoms with E-state index in [1.165, 1.54) is 11.8 Å². The number of thioether (sulfide) groups is 1. The molecule has 0 aromatic rings. The molecule has 2 aliphatic heterocycles. The smallest absolute Gasteiger partial charge is 0.228 e. The Morgan fingerprint density at radius 2 is 2.24 bits per heavy atom. The third-order valence-corrected chi connectivity index (χ3v) is 4.44. The molecule has 0 radical (unpaired) electrons. The molecule has 2 N–H and O–H groups in total. The quantitative estimate of drug-likeness (QED) is 0.673. The predicted octanol–water partition coefficient (Wildman–Crippen LogP) is -0.429. The summed E-state index contributed by atoms with van der Waals surface area (Å²) in [5.41, 5.74) is 0. The van der Waals surface area contributed by atoms with E-state index in [0.717, 1.165) is 6.42 Å². The first-order chi connectivity index (χ1) is 8.06. The van der Waals surface area contributed by atoms with Crippen LogP contribution in [0.25, 0.3) is 0 Å². The fourth-order valence-corrected chi connectivity index (χ4v) is 3.12. The molecule has 0 bridgehead atoms. The van der Waals surface area contributed by atoms with Crippen molar-refractivity contribution in [2.45, 2.75) is 36.8 Å². The monoisotopic (exact) mass is 259 g/mol. The van der Waals surface area contributed by atoms with Gasteiger partial charge in [0.25, 0.3) is 0 Å². The standard InChI is InChI=1S/C11H17NO4S/c1-5(13)7-8(12-11(7)15)10-9(14)6(17-2)3-4-16-10/h5-8,10,13H,3-4H2,1-2H3,(H,12,15)/t5-,6+,7-,8+,10-/m1/s1. The second-order valence-electron chi connectivity index (χ2n) is 4.51. The molecule has 5 nitrogen and oxygen atoms in total. The number of hydrogen-bond donors (Lipinski definition) is 2. The van der Waals surface area contributed by atoms with Gasteiger partial charge in [0.05, 0.1) is 23.3 Å². The van der Waals surface area contributed by atoms with Crippen molar-refractivity contribution in [2.24, 2.45) is 5.92 Å². The molecule has 0 aromatic carbocycles. The van der Waals surface area contributed by atoms with Crippen molar-refractivity contribution < 1.29 is 19.4 Å². The largest absolute Gasteiger partial charge is 0.393 e. The predicted molar refractivity (Wildman–Crippen MR) is 63.8 cm³/mol. The molecule has 2 fully saturated rings. The highest BCUT2D eigenvalue weighted by Crippen LogP contribution is 2.29. The number of ether oxygens (including phenoxy) is 1. The van der Waals surface area contributed by atoms with Crippen LogP contribution in [0.4, 0.5) is 0 Å². The summed E-state index contributed by atoms with van der Waals surface area (Å²) in [6.45, 7) is 2.09. The van der Waals surface area contributed by atoms with E-state index in [0.29, 0.717) is 6.61 Å². The van der Waals surface area contributed by atoms with Gasteiger partial charge < -0.3 is 15.2 Å². The van der Waals surface area contributed by atoms with Crippen LogP contribution in [0, 0.1) is 5.92 Å². The summed E-state index contributed by atoms with van der Waals surface area (Å²) in [5, 5.41) is 12.1. The van der Waals surface area contributed by atoms with Crippen molar-refractivity contribution >= 4 is 23.5 Å². The molecule has 2 saturated heterocycles. The molecular weight excluding hydrogens is 242 g/mol. The molecule has 6 heteroatoms. The van der Waals surface area contributed by atoms with Gasteiger partial charge in [0.2, 0.25) is 5.91 Å². The molecular formula is C11H17NO4S. The number of Topliss-reactive ketones (excluding diaryl/α,β-unsaturated/α-hetero) is 1. The average molecular weight is 259 g/mol. The number of rotatable bonds is 3. The van der Waals surface area contributed by atoms with Crippen LogP contribution in [0.5, 0.6) is 0 Å². The molecule has 0 saturated carbocycles. The van der Waals surface area contributed by atoms with Crippen LogP contribution >= 0.6 is 11.8 Å². The van der Waals surface area contributed by atoms with Crippen LogP contribution in [0.3, 0.4) is 0 Å². The summed E-state index contributed by atoms with van der Waals surface area (Å²) in [6, 6.07) is -0.370. The molecule has 2 heterocycles. The molecule has 0 aromatic heterocycles. The third-order valence-electron chi connectivity index (χ3n) is 3.40. The Balaban J connectivity index is 2.07. The van der Waals surface area contributed by atoms with Gasteiger partial charge in [-0.1, -0.05) is 0 Å². The van der Waals surface area contributed by atoms with Gasteiger partial charge in [0, 0.05) is 6.61 Å². The lowest BCUT2D eigenvalue weighted by molar-refractivity contribution is -0.156. The summed E-state index contributed by atoms with van der Waals surface area (Å²) >= 11 is 1.52. The number of nitrogens with one attached hydrogen (secondary N) is 1. The van der Waals surface area contributed by atoms with Crippen LogP contribution in [0.2, 0.25) is 0 Å². The molecule has 0 unspecified atom stereocenters. The number of carbonyl (C=O) groups is 2. The molecule has 1 amide bonds. The number of hydrogen-bond acceptors (Lipinski definition) is 5. The van der Waals surface area contributed by atoms with Gasteiger partial charge in [-0.25, -0.2) is 0 Å². The van der Waals surface area contributed by atoms with Gasteiger partial charge in [0.15, 0.2) is 5.78 Å². The Morgan fingerprint density at radius 1 is 1.53 bits per heavy atom. The number of aliphatic hydroxyl groups is 1. The lowest BCUT2D eigenvalue weighted by Crippen LogP contribution is -2.69. The highest BCUT2D eigenvalue weighted by atomic mass is 32.2. The Kier molecular flexibility index (Phi) is 3.75. The van der Waals surface area contributed by atoms with Crippen molar-refractivity contribution in [2.75, 3.05) is 12.9 Å². The summed E-state index contributed by atoms with van der Waals surface area (Å²) in [5.74, 6) is -0.698. The minimum atomic E-state index is -0.750. The van der Waals surface area contributed by atoms with Gasteiger partial charge in [-0.15, -0.1) is 0 Å². The number of amides is 1. The number of ketones is 1. The minimum absolute atomic E-state index is 0.0272. The van der Waals surface area contributed by atoms with Gasteiger partial charge in [-0.3, -0.25) is 9.59 Å². The van der Waals surface area contributed by atoms with E-state index in [1.807, 2.05) is 6.26 Å². The van der Waals surface area contributed by atoms with Gasteiger partial charge >= 0.3 is 0 Å². The van der Waals surface area contributed by atoms with Crippen molar-refractivity contribution in [1.82, 2.24) is 5.32 Å². The highest BCUT2D eigenvalue weighted by Gasteiger charge is 2.51. The minimum Gasteiger partial charge on any atom is -0.393 e. The Bertz CT molecular complexity index is 333. The van der Waals surface area contributed by atoms with Crippen LogP contribution in [0.15, 0.2) is 0 Å². The summed E-state index contributed by atoms with van der Waals surface area (Å²) in [7, 11) is 0. The highest BCUT2D eigenvalue weighted by molar-refractivity contribution is 7.99. The summed E-state index contributed by atoms with van der Waals surface area (Å²) in [4.78, 5) is 23.4. The third kappa shape index (κ3) is 2.21. The zero-order valence-corrected chi connectivity index (χ0v) is 10.7. The van der Waals surface area contributed by atoms with E-state index in [1.54, 1.807) is 6.92 Å². The van der Waals surface area contributed by atoms with E-state index < -0.39 is 18.1 Å². The van der Waals surface area contributed by atoms with Crippen LogP contribution in [-0.4, -0.2) is 53.2 Å². The number of aliphatic hydroxyl groups excluding tert-OH is 1. The zero-order chi connectivity index (χ0) is 12.6. The van der Waals surface area contributed by atoms with Crippen LogP contribution < -0.4 is 5.32 Å². The molecule has 0 spiro atoms. The van der Waals surface area contributed by atoms with Crippen LogP contribution in [-0.2, 0) is 14.3 Å². The fourth-order valence-electron chi connectivity index (χ4n) is 2.42. The first-order valence-electron chi connectivity index (χ1n) is 5.73. The van der Waals surface area contributed by atoms with Gasteiger partial charge in [0.1, 0.15) is 6.10 Å². The van der Waals surface area contributed by atoms with E-state index >= 15 is 0 Å². The normalized spacial score (nSPS) is 39.5. The lowest BCUT2D eigenvalue weighted by atomic mass is 9.80. The van der Waals surface area contributed by atoms with Crippen molar-refractivity contribution in [3.8, 4) is 0 Å². The zero-order valence-electron chi connectivity index (χ0n) is 9.88. The molecule has 0 aliphatic carbocycles. The van der Waals surface area contributed by atoms with Crippen molar-refractivity contribution in [3.63, 3.8) is 0 Å². The van der Waals surface area contributed by atoms with Gasteiger partial charge in [-0.05, 0) is 19.6 Å². The SMILES string of the molecule is CS[C@H]1CCO[C@H]([C@H]2NC(=O)[C@@H]2[C@@H](C)O)C1=O. The van der Waals surface area contributed by atoms with E-state index in [-0.39, 0.29) is 23.0 Å². The summed E-state index contributed by atoms with van der Waals surface area (Å²) < 4.78 is 5.47. The molecule has 17 heavy (non-hydrogen) atoms. The number of β-lactam (4-membered cyclic amide) rings is 1. The van der Waals surface area contributed by atoms with Crippen LogP contribution in [0.1, 0.15) is 13.3 Å². The molecule has 5 atom stereocenters. The number of carbonyl (C=O) groups excluding carboxylic acids is 2. The van der Waals surface area contributed by atoms with Gasteiger partial charge in [-0.2, -0.15) is 11.8 Å². The maximum absolute atomic E-state index is 12.1. The molecule has 2 rings (SSSR count). The topological polar surface area (TPSA) is 75.6 Å². The fraction of sp³-hybridized carbons (Fsp3) is 0.818. The molecule has 2 aliphatic rings. The molecule has 96 valence electrons.